The van der Waals surface area contributed by atoms with E-state index in [0.717, 1.165) is 42.1 Å². The molecule has 1 aromatic carbocycles. The van der Waals surface area contributed by atoms with Crippen LogP contribution in [0.4, 0.5) is 0 Å². The number of hydrogen-bond acceptors (Lipinski definition) is 3. The van der Waals surface area contributed by atoms with Gasteiger partial charge in [-0.3, -0.25) is 4.79 Å². The molecule has 2 aromatic rings. The Morgan fingerprint density at radius 2 is 1.88 bits per heavy atom. The Morgan fingerprint density at radius 1 is 1.15 bits per heavy atom. The second-order valence-corrected chi connectivity index (χ2v) is 6.75. The van der Waals surface area contributed by atoms with E-state index >= 15 is 0 Å². The lowest BCUT2D eigenvalue weighted by Gasteiger charge is -2.08. The Bertz CT molecular complexity index is 746. The number of halogens is 3. The second-order valence-electron chi connectivity index (χ2n) is 5.94. The largest absolute Gasteiger partial charge is 0.355 e. The molecule has 1 heterocycles. The van der Waals surface area contributed by atoms with E-state index in [1.807, 2.05) is 19.9 Å². The van der Waals surface area contributed by atoms with E-state index in [1.54, 1.807) is 16.8 Å². The molecule has 1 amide bonds. The van der Waals surface area contributed by atoms with Gasteiger partial charge in [0.2, 0.25) is 5.91 Å². The van der Waals surface area contributed by atoms with E-state index in [2.05, 4.69) is 22.7 Å². The Kier molecular flexibility index (Phi) is 9.44. The van der Waals surface area contributed by atoms with Crippen molar-refractivity contribution in [2.75, 3.05) is 19.6 Å². The normalized spacial score (nSPS) is 10.5. The van der Waals surface area contributed by atoms with Gasteiger partial charge in [0.25, 0.3) is 0 Å². The van der Waals surface area contributed by atoms with Gasteiger partial charge in [0.05, 0.1) is 27.8 Å². The second kappa shape index (κ2) is 10.8. The summed E-state index contributed by atoms with van der Waals surface area (Å²) in [5.41, 5.74) is 3.52. The Labute approximate surface area is 170 Å². The van der Waals surface area contributed by atoms with E-state index in [4.69, 9.17) is 23.2 Å². The summed E-state index contributed by atoms with van der Waals surface area (Å²) >= 11 is 12.1. The molecule has 144 valence electrons. The number of amides is 1. The van der Waals surface area contributed by atoms with Gasteiger partial charge in [0, 0.05) is 24.3 Å². The molecule has 0 saturated carbocycles. The van der Waals surface area contributed by atoms with Gasteiger partial charge in [-0.05, 0) is 45.0 Å². The maximum atomic E-state index is 12.2. The molecule has 0 unspecified atom stereocenters. The number of benzene rings is 1. The van der Waals surface area contributed by atoms with Crippen LogP contribution in [0.3, 0.4) is 0 Å². The van der Waals surface area contributed by atoms with Crippen molar-refractivity contribution < 1.29 is 4.79 Å². The molecule has 26 heavy (non-hydrogen) atoms. The van der Waals surface area contributed by atoms with Crippen LogP contribution in [0.25, 0.3) is 5.69 Å². The van der Waals surface area contributed by atoms with Crippen molar-refractivity contribution in [1.82, 2.24) is 20.4 Å². The van der Waals surface area contributed by atoms with Gasteiger partial charge in [-0.2, -0.15) is 5.10 Å². The van der Waals surface area contributed by atoms with Gasteiger partial charge in [-0.25, -0.2) is 4.68 Å². The molecule has 2 N–H and O–H groups in total. The molecule has 2 rings (SSSR count). The topological polar surface area (TPSA) is 58.9 Å². The van der Waals surface area contributed by atoms with Crippen LogP contribution in [0, 0.1) is 13.8 Å². The summed E-state index contributed by atoms with van der Waals surface area (Å²) in [6.07, 6.45) is 1.40. The fourth-order valence-electron chi connectivity index (χ4n) is 2.61. The van der Waals surface area contributed by atoms with Gasteiger partial charge >= 0.3 is 0 Å². The fraction of sp³-hybridized carbons (Fsp3) is 0.444. The molecule has 0 aliphatic heterocycles. The summed E-state index contributed by atoms with van der Waals surface area (Å²) in [7, 11) is 0. The Morgan fingerprint density at radius 3 is 2.54 bits per heavy atom. The lowest BCUT2D eigenvalue weighted by molar-refractivity contribution is -0.120. The van der Waals surface area contributed by atoms with Gasteiger partial charge in [0.1, 0.15) is 0 Å². The monoisotopic (exact) mass is 418 g/mol. The first-order chi connectivity index (χ1) is 11.9. The average molecular weight is 420 g/mol. The SMILES string of the molecule is CCCNCCNC(=O)Cc1c(C)nn(-c2ccc(Cl)c(Cl)c2)c1C.Cl. The van der Waals surface area contributed by atoms with Crippen molar-refractivity contribution in [2.45, 2.75) is 33.6 Å². The lowest BCUT2D eigenvalue weighted by atomic mass is 10.1. The van der Waals surface area contributed by atoms with E-state index in [1.165, 1.54) is 0 Å². The minimum Gasteiger partial charge on any atom is -0.355 e. The third-order valence-electron chi connectivity index (χ3n) is 3.98. The molecular formula is C18H25Cl3N4O. The van der Waals surface area contributed by atoms with Crippen molar-refractivity contribution in [1.29, 1.82) is 0 Å². The Balaban J connectivity index is 0.00000338. The first-order valence-corrected chi connectivity index (χ1v) is 9.17. The number of aromatic nitrogens is 2. The molecule has 0 bridgehead atoms. The van der Waals surface area contributed by atoms with Crippen molar-refractivity contribution in [3.05, 3.63) is 45.2 Å². The van der Waals surface area contributed by atoms with E-state index in [9.17, 15) is 4.79 Å². The average Bonchev–Trinajstić information content (AvgIpc) is 2.85. The highest BCUT2D eigenvalue weighted by atomic mass is 35.5. The minimum absolute atomic E-state index is 0. The van der Waals surface area contributed by atoms with Crippen molar-refractivity contribution in [2.24, 2.45) is 0 Å². The third-order valence-corrected chi connectivity index (χ3v) is 4.72. The zero-order chi connectivity index (χ0) is 18.4. The van der Waals surface area contributed by atoms with Crippen LogP contribution in [-0.2, 0) is 11.2 Å². The summed E-state index contributed by atoms with van der Waals surface area (Å²) in [6.45, 7) is 8.34. The van der Waals surface area contributed by atoms with Crippen LogP contribution in [-0.4, -0.2) is 35.3 Å². The molecule has 0 atom stereocenters. The summed E-state index contributed by atoms with van der Waals surface area (Å²) < 4.78 is 1.79. The standard InChI is InChI=1S/C18H24Cl2N4O.ClH/c1-4-7-21-8-9-22-18(25)11-15-12(2)23-24(13(15)3)14-5-6-16(19)17(20)10-14;/h5-6,10,21H,4,7-9,11H2,1-3H3,(H,22,25);1H. The molecular weight excluding hydrogens is 395 g/mol. The van der Waals surface area contributed by atoms with Crippen molar-refractivity contribution in [3.63, 3.8) is 0 Å². The highest BCUT2D eigenvalue weighted by Gasteiger charge is 2.16. The summed E-state index contributed by atoms with van der Waals surface area (Å²) in [4.78, 5) is 12.2. The molecule has 0 fully saturated rings. The molecule has 0 saturated heterocycles. The van der Waals surface area contributed by atoms with E-state index < -0.39 is 0 Å². The summed E-state index contributed by atoms with van der Waals surface area (Å²) in [6, 6.07) is 5.37. The van der Waals surface area contributed by atoms with Crippen molar-refractivity contribution in [3.8, 4) is 5.69 Å². The summed E-state index contributed by atoms with van der Waals surface area (Å²) in [5, 5.41) is 11.7. The quantitative estimate of drug-likeness (QED) is 0.638. The molecule has 0 radical (unpaired) electrons. The molecule has 0 spiro atoms. The molecule has 1 aromatic heterocycles. The number of carbonyl (C=O) groups is 1. The minimum atomic E-state index is -0.00168. The van der Waals surface area contributed by atoms with Crippen molar-refractivity contribution >= 4 is 41.5 Å². The van der Waals surface area contributed by atoms with E-state index in [-0.39, 0.29) is 18.3 Å². The fourth-order valence-corrected chi connectivity index (χ4v) is 2.91. The number of carbonyl (C=O) groups excluding carboxylic acids is 1. The molecule has 5 nitrogen and oxygen atoms in total. The van der Waals surface area contributed by atoms with Crippen LogP contribution in [0.1, 0.15) is 30.3 Å². The summed E-state index contributed by atoms with van der Waals surface area (Å²) in [5.74, 6) is -0.00168. The van der Waals surface area contributed by atoms with Gasteiger partial charge < -0.3 is 10.6 Å². The van der Waals surface area contributed by atoms with Crippen LogP contribution < -0.4 is 10.6 Å². The Hall–Kier alpha value is -1.27. The maximum Gasteiger partial charge on any atom is 0.224 e. The first kappa shape index (κ1) is 22.8. The molecule has 8 heteroatoms. The molecule has 0 aliphatic rings. The molecule has 0 aliphatic carbocycles. The smallest absolute Gasteiger partial charge is 0.224 e. The highest BCUT2D eigenvalue weighted by Crippen LogP contribution is 2.26. The third kappa shape index (κ3) is 5.88. The number of rotatable bonds is 8. The van der Waals surface area contributed by atoms with E-state index in [0.29, 0.717) is 23.0 Å². The van der Waals surface area contributed by atoms with Gasteiger partial charge in [-0.15, -0.1) is 12.4 Å². The zero-order valence-electron chi connectivity index (χ0n) is 15.2. The van der Waals surface area contributed by atoms with Gasteiger partial charge in [0.15, 0.2) is 0 Å². The maximum absolute atomic E-state index is 12.2. The first-order valence-electron chi connectivity index (χ1n) is 8.42. The van der Waals surface area contributed by atoms with Gasteiger partial charge in [-0.1, -0.05) is 30.1 Å². The zero-order valence-corrected chi connectivity index (χ0v) is 17.6. The predicted octanol–water partition coefficient (Wildman–Crippen LogP) is 3.88. The lowest BCUT2D eigenvalue weighted by Crippen LogP contribution is -2.33. The van der Waals surface area contributed by atoms with Crippen LogP contribution in [0.2, 0.25) is 10.0 Å². The highest BCUT2D eigenvalue weighted by molar-refractivity contribution is 6.42. The number of aryl methyl sites for hydroxylation is 1. The van der Waals surface area contributed by atoms with Crippen LogP contribution in [0.15, 0.2) is 18.2 Å². The number of nitrogens with zero attached hydrogens (tertiary/aromatic N) is 2. The number of hydrogen-bond donors (Lipinski definition) is 2. The number of nitrogens with one attached hydrogen (secondary N) is 2. The van der Waals surface area contributed by atoms with Crippen LogP contribution in [0.5, 0.6) is 0 Å². The predicted molar refractivity (Wildman–Crippen MR) is 110 cm³/mol. The van der Waals surface area contributed by atoms with Crippen LogP contribution >= 0.6 is 35.6 Å².